The summed E-state index contributed by atoms with van der Waals surface area (Å²) in [7, 11) is 0. The molecule has 1 aliphatic heterocycles. The summed E-state index contributed by atoms with van der Waals surface area (Å²) in [5.74, 6) is -0.909. The number of hydrogen-bond donors (Lipinski definition) is 6. The van der Waals surface area contributed by atoms with Crippen molar-refractivity contribution < 1.29 is 111 Å². The van der Waals surface area contributed by atoms with Crippen LogP contribution in [0.1, 0.15) is 23.7 Å². The van der Waals surface area contributed by atoms with E-state index >= 15 is 0 Å². The summed E-state index contributed by atoms with van der Waals surface area (Å²) in [5.41, 5.74) is 1.82. The fraction of sp³-hybridized carbons (Fsp3) is 0.712. The summed E-state index contributed by atoms with van der Waals surface area (Å²) in [4.78, 5) is 35.3. The summed E-state index contributed by atoms with van der Waals surface area (Å²) < 4.78 is 87.5. The Hall–Kier alpha value is -4.07. The minimum absolute atomic E-state index is 0.101. The Bertz CT molecular complexity index is 1770. The van der Waals surface area contributed by atoms with Crippen molar-refractivity contribution in [2.45, 2.75) is 44.1 Å². The number of carbonyl (C=O) groups is 3. The molecule has 2 aromatic rings. The van der Waals surface area contributed by atoms with E-state index in [1.807, 2.05) is 6.07 Å². The van der Waals surface area contributed by atoms with E-state index < -0.39 is 36.7 Å². The average molecular weight is 1110 g/mol. The highest BCUT2D eigenvalue weighted by atomic mass is 16.7. The summed E-state index contributed by atoms with van der Waals surface area (Å²) >= 11 is 0. The molecule has 2 aromatic carbocycles. The molecule has 0 spiro atoms. The molecular weight excluding hydrogens is 1020 g/mol. The highest BCUT2D eigenvalue weighted by molar-refractivity contribution is 5.89. The molecule has 440 valence electrons. The second kappa shape index (κ2) is 45.8. The van der Waals surface area contributed by atoms with Gasteiger partial charge >= 0.3 is 5.97 Å². The normalized spacial score (nSPS) is 17.4. The topological polar surface area (TPSA) is 304 Å². The van der Waals surface area contributed by atoms with Crippen LogP contribution >= 0.6 is 0 Å². The van der Waals surface area contributed by atoms with Gasteiger partial charge in [-0.25, -0.2) is 4.79 Å². The van der Waals surface area contributed by atoms with Crippen LogP contribution in [-0.4, -0.2) is 267 Å². The molecule has 77 heavy (non-hydrogen) atoms. The number of aliphatic hydroxyl groups excluding tert-OH is 3. The number of aliphatic hydroxyl groups is 3. The van der Waals surface area contributed by atoms with Gasteiger partial charge in [-0.05, 0) is 42.3 Å². The SMILES string of the molecule is C[C@@H]1O[C@@H](OCCOCCNC(=O)CCOCCOCCOCCOCCOCCOCCOCCOCCOCCOCCOCCOCCNC(=O)COc2ccc(-c3cccc(C(=O)O)c3)cc2)[C@H](O)[C@H](O)[C@H]1O. The molecule has 0 bridgehead atoms. The van der Waals surface area contributed by atoms with Crippen LogP contribution in [0.25, 0.3) is 11.1 Å². The first-order valence-corrected chi connectivity index (χ1v) is 26.1. The molecule has 1 heterocycles. The summed E-state index contributed by atoms with van der Waals surface area (Å²) in [6.45, 7) is 12.7. The van der Waals surface area contributed by atoms with Crippen molar-refractivity contribution in [3.8, 4) is 16.9 Å². The molecule has 1 fully saturated rings. The summed E-state index contributed by atoms with van der Waals surface area (Å²) in [6, 6.07) is 13.7. The third kappa shape index (κ3) is 34.5. The highest BCUT2D eigenvalue weighted by Gasteiger charge is 2.42. The van der Waals surface area contributed by atoms with Crippen LogP contribution in [0.3, 0.4) is 0 Å². The molecule has 0 saturated carbocycles. The quantitative estimate of drug-likeness (QED) is 0.0479. The van der Waals surface area contributed by atoms with Gasteiger partial charge in [-0.15, -0.1) is 0 Å². The van der Waals surface area contributed by atoms with Gasteiger partial charge in [0.25, 0.3) is 5.91 Å². The smallest absolute Gasteiger partial charge is 0.335 e. The van der Waals surface area contributed by atoms with Crippen LogP contribution < -0.4 is 15.4 Å². The fourth-order valence-electron chi connectivity index (χ4n) is 6.55. The first kappa shape index (κ1) is 67.2. The second-order valence-corrected chi connectivity index (χ2v) is 16.7. The molecule has 1 saturated heterocycles. The van der Waals surface area contributed by atoms with Gasteiger partial charge in [-0.2, -0.15) is 0 Å². The molecule has 2 amide bonds. The van der Waals surface area contributed by atoms with E-state index in [1.54, 1.807) is 43.3 Å². The summed E-state index contributed by atoms with van der Waals surface area (Å²) in [6.07, 6.45) is -5.45. The van der Waals surface area contributed by atoms with Crippen molar-refractivity contribution in [2.24, 2.45) is 0 Å². The predicted octanol–water partition coefficient (Wildman–Crippen LogP) is 0.113. The molecule has 1 aliphatic rings. The number of hydrogen-bond acceptors (Lipinski definition) is 22. The number of benzene rings is 2. The standard InChI is InChI=1S/C52H84N2O23/c1-41-48(57)49(58)50(59)52(77-41)75-38-37-64-13-10-53-46(55)9-12-62-15-17-65-19-21-67-23-25-69-27-29-71-31-33-73-35-36-74-34-32-72-30-28-70-26-24-68-22-20-66-18-16-63-14-11-54-47(56)40-76-45-7-5-42(6-8-45)43-3-2-4-44(39-43)51(60)61/h2-8,39,41,48-50,52,57-59H,9-38,40H2,1H3,(H,53,55)(H,54,56)(H,60,61)/t41-,48-,49+,50+,52+/m0/s1. The Morgan fingerprint density at radius 2 is 0.844 bits per heavy atom. The third-order valence-electron chi connectivity index (χ3n) is 10.7. The molecule has 3 rings (SSSR count). The first-order chi connectivity index (χ1) is 37.7. The number of carboxylic acid groups (broad SMARTS) is 1. The second-order valence-electron chi connectivity index (χ2n) is 16.7. The number of rotatable bonds is 51. The van der Waals surface area contributed by atoms with Crippen molar-refractivity contribution >= 4 is 17.8 Å². The maximum Gasteiger partial charge on any atom is 0.335 e. The van der Waals surface area contributed by atoms with Crippen molar-refractivity contribution in [1.29, 1.82) is 0 Å². The lowest BCUT2D eigenvalue weighted by Gasteiger charge is -2.38. The molecule has 0 radical (unpaired) electrons. The average Bonchev–Trinajstić information content (AvgIpc) is 3.43. The Kier molecular flexibility index (Phi) is 39.9. The number of carbonyl (C=O) groups excluding carboxylic acids is 2. The zero-order valence-electron chi connectivity index (χ0n) is 44.5. The third-order valence-corrected chi connectivity index (χ3v) is 10.7. The van der Waals surface area contributed by atoms with Gasteiger partial charge in [0, 0.05) is 19.5 Å². The number of nitrogens with one attached hydrogen (secondary N) is 2. The predicted molar refractivity (Wildman–Crippen MR) is 274 cm³/mol. The minimum Gasteiger partial charge on any atom is -0.484 e. The molecule has 0 aliphatic carbocycles. The van der Waals surface area contributed by atoms with Crippen molar-refractivity contribution in [3.63, 3.8) is 0 Å². The van der Waals surface area contributed by atoms with Gasteiger partial charge in [0.2, 0.25) is 5.91 Å². The number of carboxylic acids is 1. The van der Waals surface area contributed by atoms with Crippen molar-refractivity contribution in [3.05, 3.63) is 54.1 Å². The lowest BCUT2D eigenvalue weighted by Crippen LogP contribution is -2.57. The van der Waals surface area contributed by atoms with Gasteiger partial charge in [0.05, 0.1) is 190 Å². The van der Waals surface area contributed by atoms with Gasteiger partial charge < -0.3 is 107 Å². The lowest BCUT2D eigenvalue weighted by molar-refractivity contribution is -0.294. The monoisotopic (exact) mass is 1100 g/mol. The van der Waals surface area contributed by atoms with Gasteiger partial charge in [-0.1, -0.05) is 24.3 Å². The van der Waals surface area contributed by atoms with E-state index in [9.17, 15) is 34.8 Å². The zero-order chi connectivity index (χ0) is 55.2. The van der Waals surface area contributed by atoms with E-state index in [4.69, 9.17) is 75.8 Å². The number of amides is 2. The maximum absolute atomic E-state index is 12.1. The molecular formula is C52H84N2O23. The maximum atomic E-state index is 12.1. The Balaban J connectivity index is 0.905. The van der Waals surface area contributed by atoms with Crippen LogP contribution in [0.5, 0.6) is 5.75 Å². The zero-order valence-corrected chi connectivity index (χ0v) is 44.5. The van der Waals surface area contributed by atoms with Crippen LogP contribution in [0.4, 0.5) is 0 Å². The summed E-state index contributed by atoms with van der Waals surface area (Å²) in [5, 5.41) is 44.1. The van der Waals surface area contributed by atoms with Gasteiger partial charge in [0.15, 0.2) is 12.9 Å². The van der Waals surface area contributed by atoms with Gasteiger partial charge in [-0.3, -0.25) is 9.59 Å². The van der Waals surface area contributed by atoms with Crippen molar-refractivity contribution in [1.82, 2.24) is 10.6 Å². The van der Waals surface area contributed by atoms with E-state index in [1.165, 1.54) is 6.07 Å². The molecule has 0 aromatic heterocycles. The Labute approximate surface area is 451 Å². The van der Waals surface area contributed by atoms with Crippen molar-refractivity contribution in [2.75, 3.05) is 198 Å². The lowest BCUT2D eigenvalue weighted by atomic mass is 10.0. The van der Waals surface area contributed by atoms with Crippen LogP contribution in [0.15, 0.2) is 48.5 Å². The molecule has 6 N–H and O–H groups in total. The van der Waals surface area contributed by atoms with Crippen LogP contribution in [0.2, 0.25) is 0 Å². The first-order valence-electron chi connectivity index (χ1n) is 26.1. The molecule has 25 nitrogen and oxygen atoms in total. The largest absolute Gasteiger partial charge is 0.484 e. The number of aromatic carboxylic acids is 1. The molecule has 5 atom stereocenters. The Morgan fingerprint density at radius 3 is 1.27 bits per heavy atom. The highest BCUT2D eigenvalue weighted by Crippen LogP contribution is 2.24. The van der Waals surface area contributed by atoms with Crippen LogP contribution in [0, 0.1) is 0 Å². The molecule has 0 unspecified atom stereocenters. The Morgan fingerprint density at radius 1 is 0.455 bits per heavy atom. The van der Waals surface area contributed by atoms with E-state index in [0.717, 1.165) is 11.1 Å². The fourth-order valence-corrected chi connectivity index (χ4v) is 6.55. The molecule has 25 heteroatoms. The van der Waals surface area contributed by atoms with Crippen LogP contribution in [-0.2, 0) is 80.6 Å². The van der Waals surface area contributed by atoms with E-state index in [2.05, 4.69) is 10.6 Å². The number of ether oxygens (including phenoxy) is 16. The van der Waals surface area contributed by atoms with Gasteiger partial charge in [0.1, 0.15) is 24.1 Å². The van der Waals surface area contributed by atoms with E-state index in [-0.39, 0.29) is 56.8 Å². The van der Waals surface area contributed by atoms with E-state index in [0.29, 0.717) is 171 Å². The minimum atomic E-state index is -1.36.